The summed E-state index contributed by atoms with van der Waals surface area (Å²) in [7, 11) is -0.757. The lowest BCUT2D eigenvalue weighted by Crippen LogP contribution is -2.54. The highest BCUT2D eigenvalue weighted by Gasteiger charge is 2.67. The van der Waals surface area contributed by atoms with E-state index in [-0.39, 0.29) is 30.2 Å². The Morgan fingerprint density at radius 2 is 0.901 bits per heavy atom. The van der Waals surface area contributed by atoms with Crippen molar-refractivity contribution in [1.29, 1.82) is 0 Å². The van der Waals surface area contributed by atoms with Gasteiger partial charge in [0.05, 0.1) is 62.4 Å². The quantitative estimate of drug-likeness (QED) is 0.0218. The van der Waals surface area contributed by atoms with Gasteiger partial charge in [-0.05, 0) is 329 Å². The number of benzene rings is 8. The minimum absolute atomic E-state index is 0.0146. The molecule has 12 saturated carbocycles. The van der Waals surface area contributed by atoms with Crippen molar-refractivity contribution in [2.75, 3.05) is 68.6 Å². The molecule has 14 nitrogen and oxygen atoms in total. The monoisotopic (exact) mass is 2060 g/mol. The van der Waals surface area contributed by atoms with Gasteiger partial charge in [0.15, 0.2) is 51.7 Å². The number of carbonyl (C=O) groups excluding carboxylic acids is 3. The minimum Gasteiger partial charge on any atom is -0.743 e. The van der Waals surface area contributed by atoms with Gasteiger partial charge in [-0.25, -0.2) is 30.8 Å². The highest BCUT2D eigenvalue weighted by molar-refractivity contribution is 7.98. The summed E-state index contributed by atoms with van der Waals surface area (Å²) in [5.74, 6) is 2.28. The van der Waals surface area contributed by atoms with E-state index in [0.717, 1.165) is 107 Å². The molecule has 14 bridgehead atoms. The van der Waals surface area contributed by atoms with Crippen LogP contribution in [0.25, 0.3) is 21.5 Å². The molecule has 6 atom stereocenters. The van der Waals surface area contributed by atoms with Gasteiger partial charge in [0.2, 0.25) is 5.92 Å². The molecule has 8 aromatic carbocycles. The van der Waals surface area contributed by atoms with Crippen LogP contribution in [-0.4, -0.2) is 159 Å². The largest absolute Gasteiger partial charge is 0.743 e. The lowest BCUT2D eigenvalue weighted by Gasteiger charge is -2.57. The maximum Gasteiger partial charge on any atom is 0.431 e. The Bertz CT molecular complexity index is 5400. The first-order valence-electron chi connectivity index (χ1n) is 50.3. The van der Waals surface area contributed by atoms with Gasteiger partial charge in [-0.2, -0.15) is 30.7 Å². The summed E-state index contributed by atoms with van der Waals surface area (Å²) in [6.07, 6.45) is 12.7. The smallest absolute Gasteiger partial charge is 0.431 e. The summed E-state index contributed by atoms with van der Waals surface area (Å²) in [5, 5.41) is 1.22. The average molecular weight is 2060 g/mol. The molecule has 0 radical (unpaired) electrons. The normalized spacial score (nSPS) is 29.3. The van der Waals surface area contributed by atoms with Gasteiger partial charge in [0.1, 0.15) is 57.9 Å². The zero-order valence-electron chi connectivity index (χ0n) is 81.2. The van der Waals surface area contributed by atoms with Crippen LogP contribution < -0.4 is 14.2 Å². The van der Waals surface area contributed by atoms with Gasteiger partial charge >= 0.3 is 35.3 Å². The van der Waals surface area contributed by atoms with Crippen LogP contribution in [0.5, 0.6) is 17.2 Å². The van der Waals surface area contributed by atoms with Gasteiger partial charge < -0.3 is 42.4 Å². The lowest BCUT2D eigenvalue weighted by molar-refractivity contribution is -0.279. The van der Waals surface area contributed by atoms with Crippen molar-refractivity contribution < 1.29 is 114 Å². The maximum absolute atomic E-state index is 13.5. The van der Waals surface area contributed by atoms with E-state index in [1.165, 1.54) is 140 Å². The van der Waals surface area contributed by atoms with Gasteiger partial charge in [0, 0.05) is 80.9 Å². The Morgan fingerprint density at radius 3 is 1.30 bits per heavy atom. The Hall–Kier alpha value is -7.45. The average Bonchev–Trinajstić information content (AvgIpc) is 1.20. The summed E-state index contributed by atoms with van der Waals surface area (Å²) in [4.78, 5) is 43.4. The van der Waals surface area contributed by atoms with Crippen molar-refractivity contribution in [3.8, 4) is 17.2 Å². The second-order valence-electron chi connectivity index (χ2n) is 42.3. The third-order valence-corrected chi connectivity index (χ3v) is 41.8. The van der Waals surface area contributed by atoms with E-state index < -0.39 is 105 Å². The Kier molecular flexibility index (Phi) is 34.0. The molecule has 766 valence electrons. The van der Waals surface area contributed by atoms with Crippen LogP contribution >= 0.6 is 0 Å². The molecule has 6 unspecified atom stereocenters. The molecule has 12 aliphatic carbocycles. The molecule has 141 heavy (non-hydrogen) atoms. The molecule has 6 saturated heterocycles. The van der Waals surface area contributed by atoms with Gasteiger partial charge in [-0.1, -0.05) is 91.0 Å². The first kappa shape index (κ1) is 106. The number of esters is 3. The molecule has 18 fully saturated rings. The van der Waals surface area contributed by atoms with E-state index >= 15 is 0 Å². The Labute approximate surface area is 834 Å². The fourth-order valence-corrected chi connectivity index (χ4v) is 36.0. The molecule has 18 aliphatic rings. The van der Waals surface area contributed by atoms with Crippen molar-refractivity contribution in [1.82, 2.24) is 0 Å². The number of hydrogen-bond acceptors (Lipinski definition) is 14. The molecule has 6 aliphatic heterocycles. The number of fused-ring (bicyclic) bond motifs is 3. The van der Waals surface area contributed by atoms with Crippen LogP contribution in [0.15, 0.2) is 217 Å². The fraction of sp³-hybridized carbons (Fsp3) is 0.577. The molecule has 0 aromatic heterocycles. The predicted molar refractivity (Wildman–Crippen MR) is 530 cm³/mol. The van der Waals surface area contributed by atoms with Crippen molar-refractivity contribution in [3.63, 3.8) is 0 Å². The molecular weight excluding hydrogens is 1930 g/mol. The summed E-state index contributed by atoms with van der Waals surface area (Å²) < 4.78 is 216. The molecule has 0 N–H and O–H groups in total. The highest BCUT2D eigenvalue weighted by Crippen LogP contribution is 2.66. The number of methoxy groups -OCH3 is 2. The number of halogens is 11. The summed E-state index contributed by atoms with van der Waals surface area (Å²) in [6, 6.07) is 66.7. The van der Waals surface area contributed by atoms with Crippen molar-refractivity contribution in [2.24, 2.45) is 75.4 Å². The van der Waals surface area contributed by atoms with E-state index in [1.54, 1.807) is 24.0 Å². The van der Waals surface area contributed by atoms with Crippen LogP contribution in [-0.2, 0) is 91.8 Å². The molecular formula is C111H134F11O14S5+3. The lowest BCUT2D eigenvalue weighted by atomic mass is 9.48. The zero-order valence-corrected chi connectivity index (χ0v) is 85.3. The molecule has 6 heterocycles. The predicted octanol–water partition coefficient (Wildman–Crippen LogP) is 26.1. The van der Waals surface area contributed by atoms with E-state index in [4.69, 9.17) is 33.2 Å². The summed E-state index contributed by atoms with van der Waals surface area (Å²) >= 11 is 0. The molecule has 30 heteroatoms. The van der Waals surface area contributed by atoms with Gasteiger partial charge in [-0.15, -0.1) is 0 Å². The van der Waals surface area contributed by atoms with E-state index in [2.05, 4.69) is 181 Å². The number of rotatable bonds is 21. The standard InChI is InChI=1S/C18H15S.C16H19OS.C15H19F5O2.C15H17OS.C14H22F2.C12H18F2O3S.C11H15O2S.C10H10F2O5/c1-4-10-16(11-5-1)19(17-12-6-2-7-13-17)18-14-8-3-9-15-18;1-2-17-15-9-10-16(18-11-5-6-12-18)14-8-4-3-7-13(14)15;1-13(16,17)11(15(18,19)20)22-12(21)14-5-8-2-9(6-14)4-10(3-8)7-14;1-16-14-8-9-15(17-10-4-5-11-17)13-7-3-2-6-12(13)14;1-13(15,16)2-3-14-7-10-4-11(8-14)6-12(5-10)9-14;13-12(14,18(15,16)17)7-11-4-8-1-9(5-11)3-10(2-8)6-11;1-12-10-2-4-11(5-3-10)14-8-6-13-7-9-14;1-10(11,12)9(14)17-6-4-2-3-5(15-4)7(6)16-8(3)13/h1-15H;3-4,7-10H,2,5-6,11-12H2,1H3;8-11H,2-7H2,1H3;2-3,6-9H,4-5,10-11H2,1H3;10-12H,2-9H2,1H3;8-10H,1-7H2,(H,15,16,17);2-5H,6-9H2,1H3;3-7H,2H2,1H3/q2*+1;;+1;;;+1;/p-1. The summed E-state index contributed by atoms with van der Waals surface area (Å²) in [5.41, 5.74) is -1.23. The second kappa shape index (κ2) is 45.1. The first-order chi connectivity index (χ1) is 67.1. The van der Waals surface area contributed by atoms with Crippen LogP contribution in [0.3, 0.4) is 0 Å². The van der Waals surface area contributed by atoms with Crippen molar-refractivity contribution in [2.45, 2.75) is 284 Å². The number of ether oxygens (including phenoxy) is 8. The first-order valence-corrected chi connectivity index (χ1v) is 57.6. The van der Waals surface area contributed by atoms with Gasteiger partial charge in [-0.3, -0.25) is 9.59 Å². The molecule has 0 amide bonds. The fourth-order valence-electron chi connectivity index (χ4n) is 26.6. The highest BCUT2D eigenvalue weighted by atomic mass is 32.2. The maximum atomic E-state index is 13.5. The van der Waals surface area contributed by atoms with E-state index in [0.29, 0.717) is 125 Å². The topological polar surface area (TPSA) is 182 Å². The molecule has 26 rings (SSSR count). The number of hydrogen-bond donors (Lipinski definition) is 0. The van der Waals surface area contributed by atoms with Crippen LogP contribution in [0.1, 0.15) is 195 Å². The van der Waals surface area contributed by atoms with E-state index in [9.17, 15) is 75.6 Å². The van der Waals surface area contributed by atoms with Gasteiger partial charge in [0.25, 0.3) is 12.0 Å². The van der Waals surface area contributed by atoms with Crippen LogP contribution in [0.2, 0.25) is 0 Å². The SMILES string of the molecule is CC(F)(F)C(=O)OC1C2CC3C(=O)OC1C3O2.CC(F)(F)C(OC(=O)C12CC3CC(CC(C3)C1)C2)C(F)(F)F.CC(F)(F)CCC12CC3CC(CC(C3)C1)C2.CCOc1ccc([S+]2CCCC2)c2ccccc12.COc1ccc([S+]2CCCC2)c2ccccc12.COc1ccc([S+]2CCOCC2)cc1.O=S(=O)([O-])C(F)(F)CC12CC3CC(CC(C3)C1)C2.c1ccc([S+](c2ccccc2)c2ccccc2)cc1. The number of alkyl halides is 11. The van der Waals surface area contributed by atoms with Crippen molar-refractivity contribution >= 4 is 93.2 Å². The molecule has 8 aromatic rings. The third-order valence-electron chi connectivity index (χ3n) is 31.4. The van der Waals surface area contributed by atoms with Crippen molar-refractivity contribution in [3.05, 3.63) is 188 Å². The molecule has 0 spiro atoms. The third kappa shape index (κ3) is 26.0. The Morgan fingerprint density at radius 1 is 0.489 bits per heavy atom. The van der Waals surface area contributed by atoms with Crippen LogP contribution in [0.4, 0.5) is 48.3 Å². The second-order valence-corrected chi connectivity index (χ2v) is 52.6. The zero-order chi connectivity index (χ0) is 100. The Balaban J connectivity index is 0.000000116. The summed E-state index contributed by atoms with van der Waals surface area (Å²) in [6.45, 7) is 6.28. The van der Waals surface area contributed by atoms with E-state index in [1.807, 2.05) is 19.1 Å². The van der Waals surface area contributed by atoms with Crippen LogP contribution in [0, 0.1) is 75.4 Å². The minimum atomic E-state index is -5.53. The number of carbonyl (C=O) groups is 3.